The molecule has 0 spiro atoms. The molecule has 36 heavy (non-hydrogen) atoms. The van der Waals surface area contributed by atoms with Crippen molar-refractivity contribution in [3.05, 3.63) is 126 Å². The fourth-order valence-electron chi connectivity index (χ4n) is 3.65. The molecule has 4 aromatic carbocycles. The smallest absolute Gasteiger partial charge is 0.343 e. The summed E-state index contributed by atoms with van der Waals surface area (Å²) in [6.07, 6.45) is 0. The molecule has 0 saturated heterocycles. The van der Waals surface area contributed by atoms with Crippen LogP contribution < -0.4 is 9.47 Å². The Morgan fingerprint density at radius 1 is 0.611 bits per heavy atom. The minimum atomic E-state index is -0.445. The summed E-state index contributed by atoms with van der Waals surface area (Å²) < 4.78 is 16.7. The summed E-state index contributed by atoms with van der Waals surface area (Å²) in [6.45, 7) is 1.77. The number of carbonyl (C=O) groups is 2. The van der Waals surface area contributed by atoms with Gasteiger partial charge in [-0.2, -0.15) is 0 Å². The number of oxazole rings is 1. The lowest BCUT2D eigenvalue weighted by Gasteiger charge is -2.06. The van der Waals surface area contributed by atoms with E-state index in [1.165, 1.54) is 0 Å². The molecule has 176 valence electrons. The third kappa shape index (κ3) is 5.08. The summed E-state index contributed by atoms with van der Waals surface area (Å²) in [4.78, 5) is 29.5. The maximum absolute atomic E-state index is 12.5. The molecule has 0 unspecified atom stereocenters. The van der Waals surface area contributed by atoms with Gasteiger partial charge in [-0.05, 0) is 48.5 Å². The van der Waals surface area contributed by atoms with Gasteiger partial charge in [0, 0.05) is 18.1 Å². The number of hydrogen-bond donors (Lipinski definition) is 0. The second-order valence-electron chi connectivity index (χ2n) is 7.97. The molecule has 0 aliphatic heterocycles. The van der Waals surface area contributed by atoms with Crippen LogP contribution in [0, 0.1) is 6.92 Å². The number of esters is 2. The van der Waals surface area contributed by atoms with Crippen LogP contribution in [0.1, 0.15) is 26.6 Å². The van der Waals surface area contributed by atoms with Crippen LogP contribution in [-0.2, 0) is 0 Å². The lowest BCUT2D eigenvalue weighted by Crippen LogP contribution is -2.08. The Labute approximate surface area is 207 Å². The second-order valence-corrected chi connectivity index (χ2v) is 7.97. The van der Waals surface area contributed by atoms with E-state index < -0.39 is 11.9 Å². The fraction of sp³-hybridized carbons (Fsp3) is 0.0333. The van der Waals surface area contributed by atoms with Crippen molar-refractivity contribution in [3.8, 4) is 34.1 Å². The average Bonchev–Trinajstić information content (AvgIpc) is 3.31. The molecule has 0 bridgehead atoms. The molecule has 6 heteroatoms. The molecule has 0 amide bonds. The van der Waals surface area contributed by atoms with Gasteiger partial charge >= 0.3 is 11.9 Å². The largest absolute Gasteiger partial charge is 0.440 e. The van der Waals surface area contributed by atoms with Crippen LogP contribution in [0.4, 0.5) is 0 Å². The van der Waals surface area contributed by atoms with Crippen LogP contribution in [0.15, 0.2) is 114 Å². The van der Waals surface area contributed by atoms with Crippen molar-refractivity contribution < 1.29 is 23.5 Å². The van der Waals surface area contributed by atoms with E-state index in [1.807, 2.05) is 12.1 Å². The Balaban J connectivity index is 1.34. The number of aromatic nitrogens is 1. The van der Waals surface area contributed by atoms with Gasteiger partial charge in [-0.1, -0.05) is 60.7 Å². The molecule has 0 N–H and O–H groups in total. The maximum Gasteiger partial charge on any atom is 0.343 e. The van der Waals surface area contributed by atoms with Crippen LogP contribution in [0.2, 0.25) is 0 Å². The van der Waals surface area contributed by atoms with Gasteiger partial charge in [0.15, 0.2) is 11.7 Å². The normalized spacial score (nSPS) is 10.6. The highest BCUT2D eigenvalue weighted by atomic mass is 16.5. The molecule has 1 aromatic heterocycles. The predicted molar refractivity (Wildman–Crippen MR) is 135 cm³/mol. The predicted octanol–water partition coefficient (Wildman–Crippen LogP) is 6.76. The van der Waals surface area contributed by atoms with Gasteiger partial charge in [0.2, 0.25) is 0 Å². The van der Waals surface area contributed by atoms with Crippen molar-refractivity contribution in [2.45, 2.75) is 6.92 Å². The molecule has 6 nitrogen and oxygen atoms in total. The number of para-hydroxylation sites is 2. The first-order valence-corrected chi connectivity index (χ1v) is 11.3. The monoisotopic (exact) mass is 475 g/mol. The average molecular weight is 476 g/mol. The Kier molecular flexibility index (Phi) is 6.40. The molecule has 0 radical (unpaired) electrons. The topological polar surface area (TPSA) is 78.6 Å². The van der Waals surface area contributed by atoms with Crippen LogP contribution >= 0.6 is 0 Å². The van der Waals surface area contributed by atoms with E-state index in [0.717, 1.165) is 11.1 Å². The molecule has 1 heterocycles. The summed E-state index contributed by atoms with van der Waals surface area (Å²) in [5.74, 6) is 1.14. The second kappa shape index (κ2) is 10.1. The molecule has 5 aromatic rings. The summed E-state index contributed by atoms with van der Waals surface area (Å²) in [6, 6.07) is 31.8. The first kappa shape index (κ1) is 22.8. The Morgan fingerprint density at radius 3 is 1.53 bits per heavy atom. The highest BCUT2D eigenvalue weighted by Gasteiger charge is 2.17. The van der Waals surface area contributed by atoms with Crippen molar-refractivity contribution in [3.63, 3.8) is 0 Å². The minimum absolute atomic E-state index is 0.418. The quantitative estimate of drug-likeness (QED) is 0.200. The first-order chi connectivity index (χ1) is 17.6. The Bertz CT molecular complexity index is 1370. The zero-order valence-corrected chi connectivity index (χ0v) is 19.4. The van der Waals surface area contributed by atoms with Gasteiger partial charge < -0.3 is 13.9 Å². The molecule has 0 fully saturated rings. The van der Waals surface area contributed by atoms with E-state index in [9.17, 15) is 9.59 Å². The van der Waals surface area contributed by atoms with Gasteiger partial charge in [0.1, 0.15) is 17.2 Å². The highest BCUT2D eigenvalue weighted by molar-refractivity contribution is 5.93. The molecule has 0 aliphatic carbocycles. The number of benzene rings is 4. The van der Waals surface area contributed by atoms with Crippen molar-refractivity contribution >= 4 is 11.9 Å². The number of ether oxygens (including phenoxy) is 2. The molecular formula is C30H21NO5. The first-order valence-electron chi connectivity index (χ1n) is 11.3. The van der Waals surface area contributed by atoms with Crippen LogP contribution in [0.3, 0.4) is 0 Å². The van der Waals surface area contributed by atoms with Crippen LogP contribution in [0.5, 0.6) is 11.5 Å². The zero-order chi connectivity index (χ0) is 24.9. The summed E-state index contributed by atoms with van der Waals surface area (Å²) in [5, 5.41) is 0. The van der Waals surface area contributed by atoms with E-state index in [-0.39, 0.29) is 0 Å². The van der Waals surface area contributed by atoms with Gasteiger partial charge in [-0.3, -0.25) is 0 Å². The number of nitrogens with zero attached hydrogens (tertiary/aromatic N) is 1. The van der Waals surface area contributed by atoms with Crippen molar-refractivity contribution in [1.82, 2.24) is 4.98 Å². The van der Waals surface area contributed by atoms with E-state index >= 15 is 0 Å². The molecule has 0 saturated carbocycles. The summed E-state index contributed by atoms with van der Waals surface area (Å²) >= 11 is 0. The number of carbonyl (C=O) groups excluding carboxylic acids is 2. The molecule has 0 aliphatic rings. The van der Waals surface area contributed by atoms with Crippen molar-refractivity contribution in [2.75, 3.05) is 0 Å². The zero-order valence-electron chi connectivity index (χ0n) is 19.4. The Hall–Kier alpha value is -4.97. The van der Waals surface area contributed by atoms with E-state index in [4.69, 9.17) is 13.9 Å². The van der Waals surface area contributed by atoms with Gasteiger partial charge in [-0.25, -0.2) is 14.6 Å². The van der Waals surface area contributed by atoms with Crippen molar-refractivity contribution in [2.24, 2.45) is 0 Å². The minimum Gasteiger partial charge on any atom is -0.440 e. The summed E-state index contributed by atoms with van der Waals surface area (Å²) in [5.41, 5.74) is 3.02. The third-order valence-corrected chi connectivity index (χ3v) is 5.42. The lowest BCUT2D eigenvalue weighted by atomic mass is 10.0. The third-order valence-electron chi connectivity index (χ3n) is 5.42. The number of aryl methyl sites for hydroxylation is 1. The Morgan fingerprint density at radius 2 is 1.06 bits per heavy atom. The van der Waals surface area contributed by atoms with E-state index in [1.54, 1.807) is 104 Å². The van der Waals surface area contributed by atoms with Crippen molar-refractivity contribution in [1.29, 1.82) is 0 Å². The maximum atomic E-state index is 12.5. The summed E-state index contributed by atoms with van der Waals surface area (Å²) in [7, 11) is 0. The number of rotatable bonds is 6. The standard InChI is InChI=1S/C30H21NO5/c1-20-31-27(21-12-16-23(17-13-21)29(32)35-25-8-4-2-5-9-25)28(34-20)22-14-18-24(19-15-22)30(33)36-26-10-6-3-7-11-26/h2-19H,1H3. The molecule has 0 atom stereocenters. The van der Waals surface area contributed by atoms with Crippen LogP contribution in [-0.4, -0.2) is 16.9 Å². The highest BCUT2D eigenvalue weighted by Crippen LogP contribution is 2.33. The molecular weight excluding hydrogens is 454 g/mol. The fourth-order valence-corrected chi connectivity index (χ4v) is 3.65. The number of hydrogen-bond acceptors (Lipinski definition) is 6. The van der Waals surface area contributed by atoms with E-state index in [0.29, 0.717) is 40.0 Å². The van der Waals surface area contributed by atoms with Gasteiger partial charge in [-0.15, -0.1) is 0 Å². The van der Waals surface area contributed by atoms with Crippen LogP contribution in [0.25, 0.3) is 22.6 Å². The molecule has 5 rings (SSSR count). The van der Waals surface area contributed by atoms with Gasteiger partial charge in [0.25, 0.3) is 0 Å². The van der Waals surface area contributed by atoms with E-state index in [2.05, 4.69) is 4.98 Å². The van der Waals surface area contributed by atoms with Gasteiger partial charge in [0.05, 0.1) is 11.1 Å². The lowest BCUT2D eigenvalue weighted by molar-refractivity contribution is 0.0725. The SMILES string of the molecule is Cc1nc(-c2ccc(C(=O)Oc3ccccc3)cc2)c(-c2ccc(C(=O)Oc3ccccc3)cc2)o1.